The molecule has 0 radical (unpaired) electrons. The summed E-state index contributed by atoms with van der Waals surface area (Å²) in [7, 11) is 0. The van der Waals surface area contributed by atoms with Crippen molar-refractivity contribution in [3.05, 3.63) is 17.8 Å². The summed E-state index contributed by atoms with van der Waals surface area (Å²) in [5, 5.41) is 2.85. The van der Waals surface area contributed by atoms with E-state index in [1.807, 2.05) is 6.92 Å². The Morgan fingerprint density at radius 3 is 2.93 bits per heavy atom. The smallest absolute Gasteiger partial charge is 0.273 e. The molecule has 1 amide bonds. The molecule has 0 aliphatic rings. The van der Waals surface area contributed by atoms with Gasteiger partial charge in [-0.15, -0.1) is 0 Å². The van der Waals surface area contributed by atoms with Crippen molar-refractivity contribution in [2.75, 3.05) is 0 Å². The molecule has 0 saturated heterocycles. The molecular weight excluding hydrogens is 180 g/mol. The van der Waals surface area contributed by atoms with E-state index in [0.29, 0.717) is 11.6 Å². The van der Waals surface area contributed by atoms with E-state index >= 15 is 0 Å². The highest BCUT2D eigenvalue weighted by Crippen LogP contribution is 2.02. The molecule has 4 heteroatoms. The molecule has 1 N–H and O–H groups in total. The standard InChI is InChI=1S/C10H16N2O2/c1-4-5-7(2)11-10(13)9-6-14-8(3)12-9/h6-7H,4-5H2,1-3H3,(H,11,13)/t7-/m1/s1. The number of carbonyl (C=O) groups excluding carboxylic acids is 1. The van der Waals surface area contributed by atoms with Crippen molar-refractivity contribution in [1.82, 2.24) is 10.3 Å². The number of hydrogen-bond acceptors (Lipinski definition) is 3. The summed E-state index contributed by atoms with van der Waals surface area (Å²) in [6.45, 7) is 5.78. The molecule has 0 aromatic carbocycles. The Morgan fingerprint density at radius 2 is 2.43 bits per heavy atom. The van der Waals surface area contributed by atoms with Gasteiger partial charge in [0.2, 0.25) is 0 Å². The molecule has 0 fully saturated rings. The number of carbonyl (C=O) groups is 1. The Kier molecular flexibility index (Phi) is 3.68. The van der Waals surface area contributed by atoms with E-state index < -0.39 is 0 Å². The van der Waals surface area contributed by atoms with Crippen LogP contribution in [0.1, 0.15) is 43.1 Å². The summed E-state index contributed by atoms with van der Waals surface area (Å²) in [6, 6.07) is 0.185. The number of nitrogens with zero attached hydrogens (tertiary/aromatic N) is 1. The predicted molar refractivity (Wildman–Crippen MR) is 53.1 cm³/mol. The highest BCUT2D eigenvalue weighted by molar-refractivity contribution is 5.92. The zero-order valence-corrected chi connectivity index (χ0v) is 8.83. The van der Waals surface area contributed by atoms with Gasteiger partial charge < -0.3 is 9.73 Å². The van der Waals surface area contributed by atoms with Crippen molar-refractivity contribution in [3.8, 4) is 0 Å². The average Bonchev–Trinajstić information content (AvgIpc) is 2.52. The monoisotopic (exact) mass is 196 g/mol. The van der Waals surface area contributed by atoms with E-state index in [9.17, 15) is 4.79 Å². The lowest BCUT2D eigenvalue weighted by atomic mass is 10.2. The van der Waals surface area contributed by atoms with Crippen LogP contribution < -0.4 is 5.32 Å². The van der Waals surface area contributed by atoms with E-state index in [1.165, 1.54) is 6.26 Å². The van der Waals surface area contributed by atoms with Gasteiger partial charge in [0.15, 0.2) is 11.6 Å². The van der Waals surface area contributed by atoms with Crippen molar-refractivity contribution in [3.63, 3.8) is 0 Å². The van der Waals surface area contributed by atoms with Gasteiger partial charge in [-0.2, -0.15) is 0 Å². The van der Waals surface area contributed by atoms with Crippen LogP contribution in [0.2, 0.25) is 0 Å². The fourth-order valence-corrected chi connectivity index (χ4v) is 1.27. The quantitative estimate of drug-likeness (QED) is 0.800. The van der Waals surface area contributed by atoms with Crippen molar-refractivity contribution < 1.29 is 9.21 Å². The Hall–Kier alpha value is -1.32. The Morgan fingerprint density at radius 1 is 1.71 bits per heavy atom. The first-order valence-electron chi connectivity index (χ1n) is 4.86. The molecule has 0 bridgehead atoms. The molecular formula is C10H16N2O2. The van der Waals surface area contributed by atoms with Gasteiger partial charge in [-0.3, -0.25) is 4.79 Å². The van der Waals surface area contributed by atoms with Gasteiger partial charge in [-0.05, 0) is 13.3 Å². The number of oxazole rings is 1. The van der Waals surface area contributed by atoms with Crippen LogP contribution in [0.4, 0.5) is 0 Å². The summed E-state index contributed by atoms with van der Waals surface area (Å²) in [6.07, 6.45) is 3.41. The van der Waals surface area contributed by atoms with E-state index in [0.717, 1.165) is 12.8 Å². The molecule has 1 aromatic heterocycles. The van der Waals surface area contributed by atoms with Gasteiger partial charge in [0, 0.05) is 13.0 Å². The van der Waals surface area contributed by atoms with Crippen LogP contribution >= 0.6 is 0 Å². The third-order valence-corrected chi connectivity index (χ3v) is 1.95. The second kappa shape index (κ2) is 4.79. The second-order valence-corrected chi connectivity index (χ2v) is 3.41. The molecule has 14 heavy (non-hydrogen) atoms. The first kappa shape index (κ1) is 10.8. The minimum absolute atomic E-state index is 0.164. The van der Waals surface area contributed by atoms with Crippen molar-refractivity contribution in [2.24, 2.45) is 0 Å². The van der Waals surface area contributed by atoms with Crippen molar-refractivity contribution >= 4 is 5.91 Å². The predicted octanol–water partition coefficient (Wildman–Crippen LogP) is 1.90. The molecule has 4 nitrogen and oxygen atoms in total. The van der Waals surface area contributed by atoms with Crippen LogP contribution in [0, 0.1) is 6.92 Å². The zero-order chi connectivity index (χ0) is 10.6. The fourth-order valence-electron chi connectivity index (χ4n) is 1.27. The van der Waals surface area contributed by atoms with Crippen LogP contribution in [-0.2, 0) is 0 Å². The number of nitrogens with one attached hydrogen (secondary N) is 1. The SMILES string of the molecule is CCC[C@@H](C)NC(=O)c1coc(C)n1. The van der Waals surface area contributed by atoms with Crippen molar-refractivity contribution in [2.45, 2.75) is 39.7 Å². The third kappa shape index (κ3) is 2.87. The maximum absolute atomic E-state index is 11.5. The number of aromatic nitrogens is 1. The Bertz CT molecular complexity index is 307. The molecule has 1 rings (SSSR count). The van der Waals surface area contributed by atoms with Crippen LogP contribution in [-0.4, -0.2) is 16.9 Å². The normalized spacial score (nSPS) is 12.5. The van der Waals surface area contributed by atoms with E-state index in [2.05, 4.69) is 17.2 Å². The molecule has 1 aromatic rings. The number of amides is 1. The molecule has 0 saturated carbocycles. The number of aryl methyl sites for hydroxylation is 1. The molecule has 0 aliphatic carbocycles. The molecule has 0 unspecified atom stereocenters. The summed E-state index contributed by atoms with van der Waals surface area (Å²) < 4.78 is 4.96. The second-order valence-electron chi connectivity index (χ2n) is 3.41. The minimum Gasteiger partial charge on any atom is -0.448 e. The van der Waals surface area contributed by atoms with E-state index in [4.69, 9.17) is 4.42 Å². The lowest BCUT2D eigenvalue weighted by Crippen LogP contribution is -2.32. The molecule has 0 aliphatic heterocycles. The lowest BCUT2D eigenvalue weighted by molar-refractivity contribution is 0.0933. The van der Waals surface area contributed by atoms with Crippen molar-refractivity contribution in [1.29, 1.82) is 0 Å². The molecule has 0 spiro atoms. The van der Waals surface area contributed by atoms with Gasteiger partial charge in [0.25, 0.3) is 5.91 Å². The first-order valence-corrected chi connectivity index (χ1v) is 4.86. The van der Waals surface area contributed by atoms with Crippen LogP contribution in [0.3, 0.4) is 0 Å². The Balaban J connectivity index is 2.50. The number of hydrogen-bond donors (Lipinski definition) is 1. The van der Waals surface area contributed by atoms with Gasteiger partial charge in [0.05, 0.1) is 0 Å². The van der Waals surface area contributed by atoms with E-state index in [1.54, 1.807) is 6.92 Å². The first-order chi connectivity index (χ1) is 6.63. The van der Waals surface area contributed by atoms with Crippen LogP contribution in [0.25, 0.3) is 0 Å². The Labute approximate surface area is 83.7 Å². The maximum atomic E-state index is 11.5. The fraction of sp³-hybridized carbons (Fsp3) is 0.600. The van der Waals surface area contributed by atoms with Crippen LogP contribution in [0.15, 0.2) is 10.7 Å². The highest BCUT2D eigenvalue weighted by Gasteiger charge is 2.12. The summed E-state index contributed by atoms with van der Waals surface area (Å²) >= 11 is 0. The maximum Gasteiger partial charge on any atom is 0.273 e. The van der Waals surface area contributed by atoms with Gasteiger partial charge in [-0.25, -0.2) is 4.98 Å². The molecule has 1 atom stereocenters. The van der Waals surface area contributed by atoms with Gasteiger partial charge in [0.1, 0.15) is 6.26 Å². The topological polar surface area (TPSA) is 55.1 Å². The summed E-state index contributed by atoms with van der Waals surface area (Å²) in [4.78, 5) is 15.5. The molecule has 1 heterocycles. The largest absolute Gasteiger partial charge is 0.448 e. The lowest BCUT2D eigenvalue weighted by Gasteiger charge is -2.10. The minimum atomic E-state index is -0.164. The molecule has 78 valence electrons. The van der Waals surface area contributed by atoms with Gasteiger partial charge >= 0.3 is 0 Å². The van der Waals surface area contributed by atoms with E-state index in [-0.39, 0.29) is 11.9 Å². The summed E-state index contributed by atoms with van der Waals surface area (Å²) in [5.74, 6) is 0.348. The van der Waals surface area contributed by atoms with Crippen LogP contribution in [0.5, 0.6) is 0 Å². The number of rotatable bonds is 4. The average molecular weight is 196 g/mol. The zero-order valence-electron chi connectivity index (χ0n) is 8.83. The summed E-state index contributed by atoms with van der Waals surface area (Å²) in [5.41, 5.74) is 0.352. The highest BCUT2D eigenvalue weighted by atomic mass is 16.3. The third-order valence-electron chi connectivity index (χ3n) is 1.95. The van der Waals surface area contributed by atoms with Gasteiger partial charge in [-0.1, -0.05) is 13.3 Å².